The van der Waals surface area contributed by atoms with Crippen molar-refractivity contribution in [3.8, 4) is 12.5 Å². The second kappa shape index (κ2) is 5.70. The van der Waals surface area contributed by atoms with E-state index in [1.165, 1.54) is 0 Å². The Bertz CT molecular complexity index is 287. The Hall–Kier alpha value is -1.29. The van der Waals surface area contributed by atoms with Crippen molar-refractivity contribution in [3.05, 3.63) is 0 Å². The van der Waals surface area contributed by atoms with E-state index in [1.807, 2.05) is 6.11 Å². The van der Waals surface area contributed by atoms with Crippen molar-refractivity contribution in [3.63, 3.8) is 0 Å². The Morgan fingerprint density at radius 1 is 1.69 bits per heavy atom. The molecule has 1 aliphatic heterocycles. The zero-order valence-electron chi connectivity index (χ0n) is 9.01. The van der Waals surface area contributed by atoms with E-state index in [4.69, 9.17) is 11.5 Å². The van der Waals surface area contributed by atoms with Crippen LogP contribution in [0.3, 0.4) is 0 Å². The van der Waals surface area contributed by atoms with Crippen LogP contribution in [-0.4, -0.2) is 40.4 Å². The van der Waals surface area contributed by atoms with Gasteiger partial charge in [0.2, 0.25) is 0 Å². The van der Waals surface area contributed by atoms with Gasteiger partial charge in [0, 0.05) is 6.04 Å². The fourth-order valence-electron chi connectivity index (χ4n) is 1.87. The summed E-state index contributed by atoms with van der Waals surface area (Å²) in [7, 11) is 0. The van der Waals surface area contributed by atoms with E-state index in [1.54, 1.807) is 6.92 Å². The summed E-state index contributed by atoms with van der Waals surface area (Å²) in [5.74, 6) is -0.885. The maximum absolute atomic E-state index is 10.7. The van der Waals surface area contributed by atoms with E-state index in [-0.39, 0.29) is 6.04 Å². The molecule has 90 valence electrons. The fourth-order valence-corrected chi connectivity index (χ4v) is 1.87. The first-order chi connectivity index (χ1) is 7.56. The lowest BCUT2D eigenvalue weighted by Gasteiger charge is -2.25. The second-order valence-electron chi connectivity index (χ2n) is 3.85. The lowest BCUT2D eigenvalue weighted by molar-refractivity contribution is -0.139. The van der Waals surface area contributed by atoms with Crippen molar-refractivity contribution < 1.29 is 19.8 Å². The molecule has 2 unspecified atom stereocenters. The van der Waals surface area contributed by atoms with Crippen LogP contribution >= 0.6 is 0 Å². The van der Waals surface area contributed by atoms with Crippen LogP contribution in [0.5, 0.6) is 0 Å². The fraction of sp³-hybridized carbons (Fsp3) is 0.700. The van der Waals surface area contributed by atoms with E-state index in [0.29, 0.717) is 12.8 Å². The highest BCUT2D eigenvalue weighted by Crippen LogP contribution is 2.17. The summed E-state index contributed by atoms with van der Waals surface area (Å²) in [6.07, 6.45) is 7.34. The van der Waals surface area contributed by atoms with Crippen LogP contribution in [0, 0.1) is 12.5 Å². The first-order valence-corrected chi connectivity index (χ1v) is 5.10. The largest absolute Gasteiger partial charge is 0.480 e. The third kappa shape index (κ3) is 3.10. The highest BCUT2D eigenvalue weighted by molar-refractivity contribution is 5.73. The number of aliphatic carboxylic acids is 1. The molecule has 0 amide bonds. The van der Waals surface area contributed by atoms with Gasteiger partial charge in [0.15, 0.2) is 0 Å². The van der Waals surface area contributed by atoms with Gasteiger partial charge in [0.25, 0.3) is 0 Å². The molecular weight excluding hydrogens is 212 g/mol. The van der Waals surface area contributed by atoms with Gasteiger partial charge in [-0.05, 0) is 19.8 Å². The monoisotopic (exact) mass is 228 g/mol. The Balaban J connectivity index is 2.54. The van der Waals surface area contributed by atoms with Gasteiger partial charge >= 0.3 is 5.97 Å². The third-order valence-corrected chi connectivity index (χ3v) is 2.69. The maximum atomic E-state index is 10.7. The number of aliphatic hydroxyl groups is 1. The Labute approximate surface area is 93.9 Å². The van der Waals surface area contributed by atoms with Crippen molar-refractivity contribution in [2.24, 2.45) is 0 Å². The number of terminal acetylenes is 1. The van der Waals surface area contributed by atoms with Gasteiger partial charge in [0.05, 0.1) is 12.1 Å². The molecule has 0 saturated carbocycles. The van der Waals surface area contributed by atoms with Crippen LogP contribution in [0.25, 0.3) is 0 Å². The Morgan fingerprint density at radius 2 is 2.38 bits per heavy atom. The highest BCUT2D eigenvalue weighted by Gasteiger charge is 2.35. The Morgan fingerprint density at radius 3 is 2.81 bits per heavy atom. The summed E-state index contributed by atoms with van der Waals surface area (Å²) in [5, 5.41) is 21.3. The minimum Gasteiger partial charge on any atom is -0.480 e. The van der Waals surface area contributed by atoms with E-state index in [9.17, 15) is 9.90 Å². The average molecular weight is 228 g/mol. The SMILES string of the molecule is C#CONC(C(C)O)[C@H]1CC[C@H](C(=O)O)N1. The number of aliphatic hydroxyl groups excluding tert-OH is 1. The number of hydrogen-bond acceptors (Lipinski definition) is 5. The van der Waals surface area contributed by atoms with Gasteiger partial charge in [-0.15, -0.1) is 5.48 Å². The van der Waals surface area contributed by atoms with Gasteiger partial charge in [-0.25, -0.2) is 0 Å². The van der Waals surface area contributed by atoms with Crippen LogP contribution in [-0.2, 0) is 9.63 Å². The number of carbonyl (C=O) groups is 1. The normalized spacial score (nSPS) is 28.1. The lowest BCUT2D eigenvalue weighted by atomic mass is 10.0. The number of rotatable bonds is 5. The summed E-state index contributed by atoms with van der Waals surface area (Å²) in [5.41, 5.74) is 2.53. The van der Waals surface area contributed by atoms with Gasteiger partial charge in [-0.1, -0.05) is 6.42 Å². The van der Waals surface area contributed by atoms with E-state index in [0.717, 1.165) is 0 Å². The molecular formula is C10H16N2O4. The molecule has 0 radical (unpaired) electrons. The smallest absolute Gasteiger partial charge is 0.320 e. The summed E-state index contributed by atoms with van der Waals surface area (Å²) < 4.78 is 0. The molecule has 0 aromatic rings. The molecule has 1 rings (SSSR count). The van der Waals surface area contributed by atoms with Gasteiger partial charge < -0.3 is 15.1 Å². The molecule has 0 spiro atoms. The molecule has 1 heterocycles. The van der Waals surface area contributed by atoms with Crippen molar-refractivity contribution in [1.82, 2.24) is 10.8 Å². The minimum absolute atomic E-state index is 0.172. The molecule has 6 heteroatoms. The molecule has 4 N–H and O–H groups in total. The molecule has 4 atom stereocenters. The van der Waals surface area contributed by atoms with Crippen LogP contribution in [0.4, 0.5) is 0 Å². The summed E-state index contributed by atoms with van der Waals surface area (Å²) in [6.45, 7) is 1.59. The topological polar surface area (TPSA) is 90.8 Å². The zero-order chi connectivity index (χ0) is 12.1. The molecule has 0 aromatic carbocycles. The summed E-state index contributed by atoms with van der Waals surface area (Å²) in [4.78, 5) is 15.3. The molecule has 0 aromatic heterocycles. The number of carboxylic acids is 1. The zero-order valence-corrected chi connectivity index (χ0v) is 9.01. The van der Waals surface area contributed by atoms with E-state index in [2.05, 4.69) is 15.6 Å². The average Bonchev–Trinajstić information content (AvgIpc) is 2.67. The van der Waals surface area contributed by atoms with Crippen molar-refractivity contribution in [1.29, 1.82) is 0 Å². The standard InChI is InChI=1S/C10H16N2O4/c1-3-16-12-9(6(2)13)7-4-5-8(11-7)10(14)15/h1,6-9,11-13H,4-5H2,2H3,(H,14,15)/t6?,7-,8-,9?/m1/s1. The lowest BCUT2D eigenvalue weighted by Crippen LogP contribution is -2.52. The molecule has 16 heavy (non-hydrogen) atoms. The van der Waals surface area contributed by atoms with Crippen molar-refractivity contribution in [2.75, 3.05) is 0 Å². The second-order valence-corrected chi connectivity index (χ2v) is 3.85. The predicted octanol–water partition coefficient (Wildman–Crippen LogP) is -0.947. The number of hydrogen-bond donors (Lipinski definition) is 4. The first kappa shape index (κ1) is 12.8. The van der Waals surface area contributed by atoms with Crippen molar-refractivity contribution >= 4 is 5.97 Å². The number of carboxylic acid groups (broad SMARTS) is 1. The third-order valence-electron chi connectivity index (χ3n) is 2.69. The molecule has 1 saturated heterocycles. The molecule has 0 bridgehead atoms. The maximum Gasteiger partial charge on any atom is 0.320 e. The molecule has 0 aliphatic carbocycles. The van der Waals surface area contributed by atoms with Crippen molar-refractivity contribution in [2.45, 2.75) is 44.0 Å². The first-order valence-electron chi connectivity index (χ1n) is 5.10. The van der Waals surface area contributed by atoms with E-state index >= 15 is 0 Å². The summed E-state index contributed by atoms with van der Waals surface area (Å²) >= 11 is 0. The van der Waals surface area contributed by atoms with Crippen LogP contribution < -0.4 is 10.8 Å². The highest BCUT2D eigenvalue weighted by atomic mass is 16.6. The minimum atomic E-state index is -0.885. The molecule has 1 aliphatic rings. The number of hydroxylamine groups is 1. The quantitative estimate of drug-likeness (QED) is 0.358. The molecule has 6 nitrogen and oxygen atoms in total. The predicted molar refractivity (Wildman–Crippen MR) is 56.1 cm³/mol. The van der Waals surface area contributed by atoms with Gasteiger partial charge in [-0.3, -0.25) is 10.1 Å². The van der Waals surface area contributed by atoms with Gasteiger partial charge in [-0.2, -0.15) is 0 Å². The van der Waals surface area contributed by atoms with Crippen LogP contribution in [0.2, 0.25) is 0 Å². The Kier molecular flexibility index (Phi) is 4.55. The van der Waals surface area contributed by atoms with Gasteiger partial charge in [0.1, 0.15) is 12.1 Å². The van der Waals surface area contributed by atoms with Crippen LogP contribution in [0.1, 0.15) is 19.8 Å². The van der Waals surface area contributed by atoms with E-state index < -0.39 is 24.2 Å². The molecule has 1 fully saturated rings. The number of nitrogens with one attached hydrogen (secondary N) is 2. The summed E-state index contributed by atoms with van der Waals surface area (Å²) in [6, 6.07) is -1.17. The van der Waals surface area contributed by atoms with Crippen LogP contribution in [0.15, 0.2) is 0 Å².